The Hall–Kier alpha value is -1.09. The van der Waals surface area contributed by atoms with E-state index in [-0.39, 0.29) is 0 Å². The molecule has 0 unspecified atom stereocenters. The van der Waals surface area contributed by atoms with Gasteiger partial charge < -0.3 is 10.6 Å². The molecule has 0 atom stereocenters. The average Bonchev–Trinajstić information content (AvgIpc) is 2.38. The summed E-state index contributed by atoms with van der Waals surface area (Å²) in [5, 5.41) is 7.54. The monoisotopic (exact) mass is 276 g/mol. The van der Waals surface area contributed by atoms with Gasteiger partial charge in [0.15, 0.2) is 5.11 Å². The minimum absolute atomic E-state index is 0.543. The molecule has 1 aromatic rings. The average molecular weight is 276 g/mol. The van der Waals surface area contributed by atoms with Gasteiger partial charge in [-0.25, -0.2) is 0 Å². The van der Waals surface area contributed by atoms with Crippen molar-refractivity contribution >= 4 is 23.0 Å². The van der Waals surface area contributed by atoms with Crippen LogP contribution in [0.1, 0.15) is 43.7 Å². The number of rotatable bonds is 2. The molecule has 0 bridgehead atoms. The molecule has 19 heavy (non-hydrogen) atoms. The summed E-state index contributed by atoms with van der Waals surface area (Å²) < 4.78 is 0. The van der Waals surface area contributed by atoms with Gasteiger partial charge in [0, 0.05) is 11.7 Å². The molecule has 0 spiro atoms. The van der Waals surface area contributed by atoms with Gasteiger partial charge in [-0.2, -0.15) is 0 Å². The van der Waals surface area contributed by atoms with Crippen LogP contribution in [0.3, 0.4) is 0 Å². The highest BCUT2D eigenvalue weighted by Crippen LogP contribution is 2.23. The predicted octanol–water partition coefficient (Wildman–Crippen LogP) is 4.17. The predicted molar refractivity (Wildman–Crippen MR) is 86.7 cm³/mol. The molecule has 0 radical (unpaired) electrons. The van der Waals surface area contributed by atoms with Crippen molar-refractivity contribution in [2.24, 2.45) is 5.92 Å². The van der Waals surface area contributed by atoms with Gasteiger partial charge in [-0.1, -0.05) is 19.1 Å². The largest absolute Gasteiger partial charge is 0.360 e. The van der Waals surface area contributed by atoms with Gasteiger partial charge >= 0.3 is 0 Å². The summed E-state index contributed by atoms with van der Waals surface area (Å²) in [5.41, 5.74) is 3.67. The summed E-state index contributed by atoms with van der Waals surface area (Å²) >= 11 is 5.43. The lowest BCUT2D eigenvalue weighted by Gasteiger charge is -2.28. The number of nitrogens with one attached hydrogen (secondary N) is 2. The Morgan fingerprint density at radius 3 is 2.53 bits per heavy atom. The van der Waals surface area contributed by atoms with Crippen molar-refractivity contribution in [1.82, 2.24) is 5.32 Å². The standard InChI is InChI=1S/C16H24N2S/c1-11-7-9-14(10-8-11)17-16(19)18-15-6-4-5-12(2)13(15)3/h4-6,11,14H,7-10H2,1-3H3,(H2,17,18,19). The summed E-state index contributed by atoms with van der Waals surface area (Å²) in [6, 6.07) is 6.82. The number of hydrogen-bond acceptors (Lipinski definition) is 1. The fourth-order valence-corrected chi connectivity index (χ4v) is 2.91. The van der Waals surface area contributed by atoms with Crippen molar-refractivity contribution in [1.29, 1.82) is 0 Å². The highest BCUT2D eigenvalue weighted by atomic mass is 32.1. The molecule has 1 fully saturated rings. The number of aryl methyl sites for hydroxylation is 1. The molecule has 1 saturated carbocycles. The third-order valence-electron chi connectivity index (χ3n) is 4.20. The molecule has 1 aromatic carbocycles. The SMILES string of the molecule is Cc1cccc(NC(=S)NC2CCC(C)CC2)c1C. The van der Waals surface area contributed by atoms with Crippen LogP contribution in [0.2, 0.25) is 0 Å². The van der Waals surface area contributed by atoms with Crippen LogP contribution in [0, 0.1) is 19.8 Å². The lowest BCUT2D eigenvalue weighted by molar-refractivity contribution is 0.332. The molecule has 104 valence electrons. The van der Waals surface area contributed by atoms with Crippen LogP contribution in [0.25, 0.3) is 0 Å². The first kappa shape index (κ1) is 14.3. The van der Waals surface area contributed by atoms with Gasteiger partial charge in [0.05, 0.1) is 0 Å². The Morgan fingerprint density at radius 2 is 1.84 bits per heavy atom. The number of thiocarbonyl (C=S) groups is 1. The zero-order chi connectivity index (χ0) is 13.8. The van der Waals surface area contributed by atoms with Crippen LogP contribution < -0.4 is 10.6 Å². The molecule has 2 nitrogen and oxygen atoms in total. The Labute approximate surface area is 122 Å². The number of hydrogen-bond donors (Lipinski definition) is 2. The Morgan fingerprint density at radius 1 is 1.16 bits per heavy atom. The van der Waals surface area contributed by atoms with Crippen molar-refractivity contribution in [3.05, 3.63) is 29.3 Å². The normalized spacial score (nSPS) is 22.9. The minimum atomic E-state index is 0.543. The molecule has 0 amide bonds. The molecule has 1 aliphatic rings. The second-order valence-corrected chi connectivity index (χ2v) is 6.21. The molecule has 0 aliphatic heterocycles. The molecule has 0 saturated heterocycles. The summed E-state index contributed by atoms with van der Waals surface area (Å²) in [6.45, 7) is 6.59. The van der Waals surface area contributed by atoms with E-state index in [9.17, 15) is 0 Å². The molecule has 3 heteroatoms. The van der Waals surface area contributed by atoms with E-state index in [1.54, 1.807) is 0 Å². The molecular weight excluding hydrogens is 252 g/mol. The Balaban J connectivity index is 1.89. The summed E-state index contributed by atoms with van der Waals surface area (Å²) in [6.07, 6.45) is 5.08. The smallest absolute Gasteiger partial charge is 0.171 e. The van der Waals surface area contributed by atoms with E-state index in [0.717, 1.165) is 16.7 Å². The van der Waals surface area contributed by atoms with Gasteiger partial charge in [0.1, 0.15) is 0 Å². The van der Waals surface area contributed by atoms with Gasteiger partial charge in [0.2, 0.25) is 0 Å². The number of anilines is 1. The molecule has 0 heterocycles. The Kier molecular flexibility index (Phi) is 4.81. The van der Waals surface area contributed by atoms with Crippen LogP contribution in [-0.4, -0.2) is 11.2 Å². The highest BCUT2D eigenvalue weighted by Gasteiger charge is 2.18. The first-order valence-corrected chi connectivity index (χ1v) is 7.61. The van der Waals surface area contributed by atoms with Gasteiger partial charge in [-0.3, -0.25) is 0 Å². The van der Waals surface area contributed by atoms with Crippen LogP contribution in [-0.2, 0) is 0 Å². The quantitative estimate of drug-likeness (QED) is 0.793. The van der Waals surface area contributed by atoms with E-state index in [4.69, 9.17) is 12.2 Å². The first-order chi connectivity index (χ1) is 9.06. The number of benzene rings is 1. The van der Waals surface area contributed by atoms with E-state index in [1.165, 1.54) is 36.8 Å². The van der Waals surface area contributed by atoms with E-state index in [2.05, 4.69) is 49.6 Å². The molecule has 1 aliphatic carbocycles. The van der Waals surface area contributed by atoms with Crippen molar-refractivity contribution in [2.75, 3.05) is 5.32 Å². The molecular formula is C16H24N2S. The maximum absolute atomic E-state index is 5.43. The van der Waals surface area contributed by atoms with Crippen LogP contribution in [0.5, 0.6) is 0 Å². The third kappa shape index (κ3) is 3.93. The first-order valence-electron chi connectivity index (χ1n) is 7.20. The maximum Gasteiger partial charge on any atom is 0.171 e. The maximum atomic E-state index is 5.43. The van der Waals surface area contributed by atoms with Crippen LogP contribution in [0.4, 0.5) is 5.69 Å². The fraction of sp³-hybridized carbons (Fsp3) is 0.562. The van der Waals surface area contributed by atoms with Crippen molar-refractivity contribution in [3.8, 4) is 0 Å². The molecule has 0 aromatic heterocycles. The fourth-order valence-electron chi connectivity index (χ4n) is 2.63. The molecule has 2 N–H and O–H groups in total. The van der Waals surface area contributed by atoms with Gasteiger partial charge in [-0.15, -0.1) is 0 Å². The van der Waals surface area contributed by atoms with Gasteiger partial charge in [0.25, 0.3) is 0 Å². The minimum Gasteiger partial charge on any atom is -0.360 e. The third-order valence-corrected chi connectivity index (χ3v) is 4.42. The van der Waals surface area contributed by atoms with Crippen LogP contribution >= 0.6 is 12.2 Å². The van der Waals surface area contributed by atoms with E-state index >= 15 is 0 Å². The highest BCUT2D eigenvalue weighted by molar-refractivity contribution is 7.80. The van der Waals surface area contributed by atoms with E-state index < -0.39 is 0 Å². The van der Waals surface area contributed by atoms with Crippen molar-refractivity contribution < 1.29 is 0 Å². The zero-order valence-electron chi connectivity index (χ0n) is 12.1. The second kappa shape index (κ2) is 6.38. The van der Waals surface area contributed by atoms with Gasteiger partial charge in [-0.05, 0) is 74.9 Å². The van der Waals surface area contributed by atoms with Crippen LogP contribution in [0.15, 0.2) is 18.2 Å². The summed E-state index contributed by atoms with van der Waals surface area (Å²) in [5.74, 6) is 0.874. The van der Waals surface area contributed by atoms with E-state index in [1.807, 2.05) is 0 Å². The van der Waals surface area contributed by atoms with Crippen molar-refractivity contribution in [2.45, 2.75) is 52.5 Å². The summed E-state index contributed by atoms with van der Waals surface area (Å²) in [7, 11) is 0. The second-order valence-electron chi connectivity index (χ2n) is 5.80. The topological polar surface area (TPSA) is 24.1 Å². The van der Waals surface area contributed by atoms with E-state index in [0.29, 0.717) is 6.04 Å². The zero-order valence-corrected chi connectivity index (χ0v) is 12.9. The summed E-state index contributed by atoms with van der Waals surface area (Å²) in [4.78, 5) is 0. The lowest BCUT2D eigenvalue weighted by Crippen LogP contribution is -2.39. The Bertz CT molecular complexity index is 448. The lowest BCUT2D eigenvalue weighted by atomic mass is 9.87. The molecule has 2 rings (SSSR count). The van der Waals surface area contributed by atoms with Crippen molar-refractivity contribution in [3.63, 3.8) is 0 Å².